The molecule has 0 fully saturated rings. The lowest BCUT2D eigenvalue weighted by molar-refractivity contribution is -0.114. The standard InChI is InChI=1S/C16H17N3O2S/c1-11(20)18-12-3-7-14(8-4-12)22-15-9-5-13(6-10-15)19-16(21)17-2/h3-10H,1-2H3,(H,18,20)(H2,17,19,21). The van der Waals surface area contributed by atoms with E-state index in [9.17, 15) is 9.59 Å². The predicted octanol–water partition coefficient (Wildman–Crippen LogP) is 3.55. The maximum atomic E-state index is 11.2. The van der Waals surface area contributed by atoms with Crippen molar-refractivity contribution in [2.45, 2.75) is 16.7 Å². The van der Waals surface area contributed by atoms with E-state index in [0.29, 0.717) is 0 Å². The highest BCUT2D eigenvalue weighted by molar-refractivity contribution is 7.99. The number of amides is 3. The highest BCUT2D eigenvalue weighted by Gasteiger charge is 2.01. The Hall–Kier alpha value is -2.47. The lowest BCUT2D eigenvalue weighted by Gasteiger charge is -2.07. The zero-order valence-corrected chi connectivity index (χ0v) is 13.2. The number of anilines is 2. The minimum atomic E-state index is -0.242. The summed E-state index contributed by atoms with van der Waals surface area (Å²) in [7, 11) is 1.57. The smallest absolute Gasteiger partial charge is 0.318 e. The van der Waals surface area contributed by atoms with Crippen molar-refractivity contribution in [1.29, 1.82) is 0 Å². The quantitative estimate of drug-likeness (QED) is 0.808. The molecule has 6 heteroatoms. The maximum absolute atomic E-state index is 11.2. The minimum Gasteiger partial charge on any atom is -0.341 e. The largest absolute Gasteiger partial charge is 0.341 e. The number of nitrogens with one attached hydrogen (secondary N) is 3. The monoisotopic (exact) mass is 315 g/mol. The molecule has 0 radical (unpaired) electrons. The van der Waals surface area contributed by atoms with Gasteiger partial charge in [-0.3, -0.25) is 4.79 Å². The Kier molecular flexibility index (Phi) is 5.43. The summed E-state index contributed by atoms with van der Waals surface area (Å²) in [5.41, 5.74) is 1.52. The van der Waals surface area contributed by atoms with Crippen molar-refractivity contribution >= 4 is 35.1 Å². The lowest BCUT2D eigenvalue weighted by Crippen LogP contribution is -2.24. The second-order valence-electron chi connectivity index (χ2n) is 4.54. The maximum Gasteiger partial charge on any atom is 0.318 e. The van der Waals surface area contributed by atoms with Crippen LogP contribution in [0.2, 0.25) is 0 Å². The number of hydrogen-bond acceptors (Lipinski definition) is 3. The summed E-state index contributed by atoms with van der Waals surface area (Å²) in [6.45, 7) is 1.48. The summed E-state index contributed by atoms with van der Waals surface area (Å²) in [4.78, 5) is 24.3. The summed E-state index contributed by atoms with van der Waals surface area (Å²) >= 11 is 1.61. The number of carbonyl (C=O) groups excluding carboxylic acids is 2. The van der Waals surface area contributed by atoms with Crippen LogP contribution in [-0.2, 0) is 4.79 Å². The van der Waals surface area contributed by atoms with Gasteiger partial charge in [-0.1, -0.05) is 11.8 Å². The molecule has 0 heterocycles. The van der Waals surface area contributed by atoms with E-state index in [-0.39, 0.29) is 11.9 Å². The van der Waals surface area contributed by atoms with Crippen molar-refractivity contribution in [3.63, 3.8) is 0 Å². The summed E-state index contributed by atoms with van der Waals surface area (Å²) in [6.07, 6.45) is 0. The van der Waals surface area contributed by atoms with Gasteiger partial charge in [0.2, 0.25) is 5.91 Å². The van der Waals surface area contributed by atoms with Gasteiger partial charge < -0.3 is 16.0 Å². The first kappa shape index (κ1) is 15.9. The van der Waals surface area contributed by atoms with Crippen molar-refractivity contribution in [3.8, 4) is 0 Å². The molecule has 0 spiro atoms. The molecule has 0 aliphatic rings. The van der Waals surface area contributed by atoms with Crippen molar-refractivity contribution in [1.82, 2.24) is 5.32 Å². The first-order valence-corrected chi connectivity index (χ1v) is 7.53. The Morgan fingerprint density at radius 1 is 0.818 bits per heavy atom. The second-order valence-corrected chi connectivity index (χ2v) is 5.68. The molecule has 2 rings (SSSR count). The molecule has 2 aromatic rings. The molecule has 0 unspecified atom stereocenters. The first-order valence-electron chi connectivity index (χ1n) is 6.71. The third-order valence-corrected chi connectivity index (χ3v) is 3.77. The Bertz CT molecular complexity index is 654. The number of carbonyl (C=O) groups is 2. The van der Waals surface area contributed by atoms with E-state index in [1.807, 2.05) is 48.5 Å². The third kappa shape index (κ3) is 4.82. The van der Waals surface area contributed by atoms with E-state index >= 15 is 0 Å². The molecule has 5 nitrogen and oxygen atoms in total. The van der Waals surface area contributed by atoms with Gasteiger partial charge in [0.25, 0.3) is 0 Å². The van der Waals surface area contributed by atoms with E-state index in [2.05, 4.69) is 16.0 Å². The lowest BCUT2D eigenvalue weighted by atomic mass is 10.3. The topological polar surface area (TPSA) is 70.2 Å². The van der Waals surface area contributed by atoms with Crippen molar-refractivity contribution < 1.29 is 9.59 Å². The van der Waals surface area contributed by atoms with Crippen molar-refractivity contribution in [3.05, 3.63) is 48.5 Å². The van der Waals surface area contributed by atoms with Crippen molar-refractivity contribution in [2.75, 3.05) is 17.7 Å². The fourth-order valence-electron chi connectivity index (χ4n) is 1.75. The highest BCUT2D eigenvalue weighted by Crippen LogP contribution is 2.29. The summed E-state index contributed by atoms with van der Waals surface area (Å²) in [6, 6.07) is 15.0. The van der Waals surface area contributed by atoms with Crippen molar-refractivity contribution in [2.24, 2.45) is 0 Å². The van der Waals surface area contributed by atoms with E-state index in [0.717, 1.165) is 21.2 Å². The van der Waals surface area contributed by atoms with E-state index in [1.165, 1.54) is 6.92 Å². The van der Waals surface area contributed by atoms with Crippen LogP contribution in [0, 0.1) is 0 Å². The zero-order valence-electron chi connectivity index (χ0n) is 12.3. The van der Waals surface area contributed by atoms with Gasteiger partial charge in [-0.2, -0.15) is 0 Å². The number of rotatable bonds is 4. The Morgan fingerprint density at radius 3 is 1.68 bits per heavy atom. The Morgan fingerprint density at radius 2 is 1.27 bits per heavy atom. The van der Waals surface area contributed by atoms with Crippen LogP contribution >= 0.6 is 11.8 Å². The Labute approximate surface area is 133 Å². The molecule has 0 bridgehead atoms. The average molecular weight is 315 g/mol. The van der Waals surface area contributed by atoms with Crippen LogP contribution in [0.25, 0.3) is 0 Å². The van der Waals surface area contributed by atoms with E-state index < -0.39 is 0 Å². The molecule has 22 heavy (non-hydrogen) atoms. The molecular formula is C16H17N3O2S. The van der Waals surface area contributed by atoms with Gasteiger partial charge in [0.05, 0.1) is 0 Å². The van der Waals surface area contributed by atoms with Gasteiger partial charge in [0.15, 0.2) is 0 Å². The second kappa shape index (κ2) is 7.51. The van der Waals surface area contributed by atoms with Gasteiger partial charge in [0, 0.05) is 35.1 Å². The molecule has 114 valence electrons. The normalized spacial score (nSPS) is 9.91. The molecule has 0 saturated heterocycles. The van der Waals surface area contributed by atoms with Crippen LogP contribution in [-0.4, -0.2) is 19.0 Å². The molecular weight excluding hydrogens is 298 g/mol. The van der Waals surface area contributed by atoms with Gasteiger partial charge in [0.1, 0.15) is 0 Å². The zero-order chi connectivity index (χ0) is 15.9. The molecule has 3 amide bonds. The molecule has 0 aliphatic heterocycles. The Balaban J connectivity index is 1.98. The van der Waals surface area contributed by atoms with Crippen LogP contribution in [0.1, 0.15) is 6.92 Å². The number of benzene rings is 2. The predicted molar refractivity (Wildman–Crippen MR) is 89.4 cm³/mol. The van der Waals surface area contributed by atoms with Gasteiger partial charge in [-0.05, 0) is 48.5 Å². The molecule has 0 aromatic heterocycles. The fraction of sp³-hybridized carbons (Fsp3) is 0.125. The van der Waals surface area contributed by atoms with Crippen LogP contribution in [0.5, 0.6) is 0 Å². The molecule has 3 N–H and O–H groups in total. The van der Waals surface area contributed by atoms with Crippen LogP contribution in [0.4, 0.5) is 16.2 Å². The van der Waals surface area contributed by atoms with E-state index in [4.69, 9.17) is 0 Å². The molecule has 2 aromatic carbocycles. The third-order valence-electron chi connectivity index (χ3n) is 2.75. The first-order chi connectivity index (χ1) is 10.6. The van der Waals surface area contributed by atoms with Gasteiger partial charge in [-0.25, -0.2) is 4.79 Å². The number of urea groups is 1. The SMILES string of the molecule is CNC(=O)Nc1ccc(Sc2ccc(NC(C)=O)cc2)cc1. The highest BCUT2D eigenvalue weighted by atomic mass is 32.2. The summed E-state index contributed by atoms with van der Waals surface area (Å²) < 4.78 is 0. The molecule has 0 aliphatic carbocycles. The average Bonchev–Trinajstić information content (AvgIpc) is 2.50. The fourth-order valence-corrected chi connectivity index (χ4v) is 2.56. The number of hydrogen-bond donors (Lipinski definition) is 3. The molecule has 0 saturated carbocycles. The van der Waals surface area contributed by atoms with Crippen LogP contribution < -0.4 is 16.0 Å². The minimum absolute atomic E-state index is 0.0837. The van der Waals surface area contributed by atoms with Crippen LogP contribution in [0.3, 0.4) is 0 Å². The van der Waals surface area contributed by atoms with Gasteiger partial charge >= 0.3 is 6.03 Å². The molecule has 0 atom stereocenters. The van der Waals surface area contributed by atoms with E-state index in [1.54, 1.807) is 18.8 Å². The van der Waals surface area contributed by atoms with Gasteiger partial charge in [-0.15, -0.1) is 0 Å². The summed E-state index contributed by atoms with van der Waals surface area (Å²) in [5, 5.41) is 7.94. The summed E-state index contributed by atoms with van der Waals surface area (Å²) in [5.74, 6) is -0.0837. The van der Waals surface area contributed by atoms with Crippen LogP contribution in [0.15, 0.2) is 58.3 Å².